The highest BCUT2D eigenvalue weighted by molar-refractivity contribution is 5.05. The van der Waals surface area contributed by atoms with E-state index in [-0.39, 0.29) is 4.92 Å². The van der Waals surface area contributed by atoms with Gasteiger partial charge in [-0.15, -0.1) is 0 Å². The molecule has 0 aromatic carbocycles. The van der Waals surface area contributed by atoms with Crippen molar-refractivity contribution in [3.8, 4) is 0 Å². The molecule has 9 heavy (non-hydrogen) atoms. The maximum Gasteiger partial charge on any atom is 0.235 e. The number of rotatable bonds is 1. The zero-order chi connectivity index (χ0) is 6.69. The van der Waals surface area contributed by atoms with Crippen molar-refractivity contribution in [3.63, 3.8) is 0 Å². The predicted molar refractivity (Wildman–Crippen MR) is 32.4 cm³/mol. The molecule has 1 rings (SSSR count). The number of nitrogens with zero attached hydrogens (tertiary/aromatic N) is 1. The zero-order valence-electron chi connectivity index (χ0n) is 4.78. The van der Waals surface area contributed by atoms with Gasteiger partial charge >= 0.3 is 0 Å². The van der Waals surface area contributed by atoms with Crippen LogP contribution < -0.4 is 0 Å². The Morgan fingerprint density at radius 2 is 2.56 bits per heavy atom. The van der Waals surface area contributed by atoms with Crippen LogP contribution in [0.2, 0.25) is 0 Å². The normalized spacial score (nSPS) is 24.2. The molecule has 0 saturated carbocycles. The van der Waals surface area contributed by atoms with E-state index in [9.17, 15) is 10.1 Å². The smallest absolute Gasteiger partial charge is 0.235 e. The third-order valence-electron chi connectivity index (χ3n) is 1.16. The fraction of sp³-hybridized carbons (Fsp3) is 0.333. The highest BCUT2D eigenvalue weighted by Crippen LogP contribution is 2.04. The molecule has 1 radical (unpaired) electrons. The van der Waals surface area contributed by atoms with Crippen molar-refractivity contribution in [1.82, 2.24) is 0 Å². The van der Waals surface area contributed by atoms with Gasteiger partial charge in [0, 0.05) is 11.3 Å². The molecule has 0 aromatic heterocycles. The lowest BCUT2D eigenvalue weighted by Crippen LogP contribution is -2.16. The predicted octanol–water partition coefficient (Wildman–Crippen LogP) is 0.951. The van der Waals surface area contributed by atoms with Crippen LogP contribution in [-0.4, -0.2) is 11.0 Å². The maximum absolute atomic E-state index is 10.1. The molecule has 1 aliphatic carbocycles. The highest BCUT2D eigenvalue weighted by atomic mass is 16.6. The van der Waals surface area contributed by atoms with Crippen LogP contribution in [0.25, 0.3) is 0 Å². The van der Waals surface area contributed by atoms with Gasteiger partial charge in [0.05, 0.1) is 0 Å². The van der Waals surface area contributed by atoms with Gasteiger partial charge in [-0.1, -0.05) is 12.2 Å². The van der Waals surface area contributed by atoms with Gasteiger partial charge in [-0.25, -0.2) is 0 Å². The monoisotopic (exact) mass is 124 g/mol. The molecule has 0 spiro atoms. The van der Waals surface area contributed by atoms with E-state index in [0.29, 0.717) is 6.42 Å². The summed E-state index contributed by atoms with van der Waals surface area (Å²) in [6, 6.07) is -0.522. The fourth-order valence-corrected chi connectivity index (χ4v) is 0.658. The average Bonchev–Trinajstić information content (AvgIpc) is 1.90. The summed E-state index contributed by atoms with van der Waals surface area (Å²) in [6.45, 7) is 0. The van der Waals surface area contributed by atoms with Gasteiger partial charge in [0.25, 0.3) is 0 Å². The van der Waals surface area contributed by atoms with E-state index < -0.39 is 6.04 Å². The molecular weight excluding hydrogens is 118 g/mol. The van der Waals surface area contributed by atoms with E-state index in [4.69, 9.17) is 0 Å². The molecule has 0 aromatic rings. The van der Waals surface area contributed by atoms with Crippen molar-refractivity contribution in [2.45, 2.75) is 12.5 Å². The summed E-state index contributed by atoms with van der Waals surface area (Å²) in [5, 5.41) is 10.1. The van der Waals surface area contributed by atoms with E-state index in [2.05, 4.69) is 6.08 Å². The Kier molecular flexibility index (Phi) is 1.63. The highest BCUT2D eigenvalue weighted by Gasteiger charge is 2.14. The average molecular weight is 124 g/mol. The first-order valence-electron chi connectivity index (χ1n) is 2.68. The van der Waals surface area contributed by atoms with Gasteiger partial charge in [-0.3, -0.25) is 10.1 Å². The topological polar surface area (TPSA) is 43.1 Å². The van der Waals surface area contributed by atoms with Crippen LogP contribution in [0.15, 0.2) is 18.2 Å². The van der Waals surface area contributed by atoms with Crippen molar-refractivity contribution in [2.75, 3.05) is 0 Å². The lowest BCUT2D eigenvalue weighted by molar-refractivity contribution is -0.508. The second kappa shape index (κ2) is 2.44. The summed E-state index contributed by atoms with van der Waals surface area (Å²) in [5.74, 6) is 0. The lowest BCUT2D eigenvalue weighted by atomic mass is 10.1. The molecule has 1 atom stereocenters. The van der Waals surface area contributed by atoms with E-state index >= 15 is 0 Å². The maximum atomic E-state index is 10.1. The number of hydrogen-bond acceptors (Lipinski definition) is 2. The molecule has 0 fully saturated rings. The summed E-state index contributed by atoms with van der Waals surface area (Å²) in [5.41, 5.74) is 0. The second-order valence-electron chi connectivity index (χ2n) is 1.82. The Balaban J connectivity index is 2.56. The van der Waals surface area contributed by atoms with E-state index in [1.165, 1.54) is 0 Å². The fourth-order valence-electron chi connectivity index (χ4n) is 0.658. The minimum atomic E-state index is -0.522. The molecule has 0 N–H and O–H groups in total. The third kappa shape index (κ3) is 1.38. The Hall–Kier alpha value is -1.12. The lowest BCUT2D eigenvalue weighted by Gasteiger charge is -2.01. The molecule has 3 heteroatoms. The van der Waals surface area contributed by atoms with E-state index in [1.807, 2.05) is 0 Å². The third-order valence-corrected chi connectivity index (χ3v) is 1.16. The largest absolute Gasteiger partial charge is 0.264 e. The summed E-state index contributed by atoms with van der Waals surface area (Å²) >= 11 is 0. The van der Waals surface area contributed by atoms with Crippen molar-refractivity contribution < 1.29 is 4.92 Å². The summed E-state index contributed by atoms with van der Waals surface area (Å²) in [4.78, 5) is 9.76. The first-order valence-corrected chi connectivity index (χ1v) is 2.68. The molecule has 0 amide bonds. The molecule has 0 saturated heterocycles. The molecule has 47 valence electrons. The summed E-state index contributed by atoms with van der Waals surface area (Å²) in [7, 11) is 0. The summed E-state index contributed by atoms with van der Waals surface area (Å²) < 4.78 is 0. The number of nitro groups is 1. The molecule has 0 aliphatic heterocycles. The van der Waals surface area contributed by atoms with Crippen LogP contribution in [0, 0.1) is 16.2 Å². The molecule has 0 bridgehead atoms. The van der Waals surface area contributed by atoms with Gasteiger partial charge < -0.3 is 0 Å². The number of hydrogen-bond donors (Lipinski definition) is 0. The molecule has 0 unspecified atom stereocenters. The first kappa shape index (κ1) is 6.01. The summed E-state index contributed by atoms with van der Waals surface area (Å²) in [6.07, 6.45) is 8.03. The SMILES string of the molecule is O=[N+]([O-])[C@@H]1C=C[C]=CC1. The Labute approximate surface area is 52.8 Å². The molecule has 0 heterocycles. The number of allylic oxidation sites excluding steroid dienone is 2. The van der Waals surface area contributed by atoms with Gasteiger partial charge in [0.15, 0.2) is 0 Å². The zero-order valence-corrected chi connectivity index (χ0v) is 4.78. The van der Waals surface area contributed by atoms with Crippen molar-refractivity contribution >= 4 is 0 Å². The van der Waals surface area contributed by atoms with Crippen LogP contribution in [-0.2, 0) is 0 Å². The van der Waals surface area contributed by atoms with Gasteiger partial charge in [0.2, 0.25) is 6.04 Å². The van der Waals surface area contributed by atoms with E-state index in [0.717, 1.165) is 0 Å². The Bertz CT molecular complexity index is 172. The molecule has 3 nitrogen and oxygen atoms in total. The molecule has 1 aliphatic rings. The van der Waals surface area contributed by atoms with Gasteiger partial charge in [-0.2, -0.15) is 0 Å². The van der Waals surface area contributed by atoms with Crippen LogP contribution in [0.3, 0.4) is 0 Å². The van der Waals surface area contributed by atoms with Crippen molar-refractivity contribution in [1.29, 1.82) is 0 Å². The van der Waals surface area contributed by atoms with Crippen LogP contribution in [0.4, 0.5) is 0 Å². The quantitative estimate of drug-likeness (QED) is 0.386. The minimum absolute atomic E-state index is 0.298. The van der Waals surface area contributed by atoms with Crippen LogP contribution in [0.5, 0.6) is 0 Å². The first-order chi connectivity index (χ1) is 4.30. The second-order valence-corrected chi connectivity index (χ2v) is 1.82. The van der Waals surface area contributed by atoms with Crippen LogP contribution >= 0.6 is 0 Å². The van der Waals surface area contributed by atoms with E-state index in [1.54, 1.807) is 18.2 Å². The van der Waals surface area contributed by atoms with Crippen LogP contribution in [0.1, 0.15) is 6.42 Å². The Morgan fingerprint density at radius 3 is 2.89 bits per heavy atom. The Morgan fingerprint density at radius 1 is 1.78 bits per heavy atom. The van der Waals surface area contributed by atoms with Gasteiger partial charge in [-0.05, 0) is 12.2 Å². The minimum Gasteiger partial charge on any atom is -0.264 e. The van der Waals surface area contributed by atoms with Crippen molar-refractivity contribution in [3.05, 3.63) is 34.4 Å². The van der Waals surface area contributed by atoms with Gasteiger partial charge in [0.1, 0.15) is 0 Å². The van der Waals surface area contributed by atoms with Crippen molar-refractivity contribution in [2.24, 2.45) is 0 Å². The standard InChI is InChI=1S/C6H6NO2/c8-7(9)6-4-2-1-3-5-6/h2-4,6H,5H2/t6-/m1/s1. The molecular formula is C6H6NO2.